The molecule has 1 aliphatic carbocycles. The summed E-state index contributed by atoms with van der Waals surface area (Å²) in [5.74, 6) is 0.337. The Morgan fingerprint density at radius 1 is 1.26 bits per heavy atom. The molecule has 3 rings (SSSR count). The van der Waals surface area contributed by atoms with Gasteiger partial charge in [-0.15, -0.1) is 0 Å². The van der Waals surface area contributed by atoms with E-state index in [2.05, 4.69) is 0 Å². The lowest BCUT2D eigenvalue weighted by Crippen LogP contribution is -2.22. The quantitative estimate of drug-likeness (QED) is 0.606. The van der Waals surface area contributed by atoms with Crippen LogP contribution in [0.1, 0.15) is 12.8 Å². The first-order valence-corrected chi connectivity index (χ1v) is 6.25. The van der Waals surface area contributed by atoms with E-state index in [1.807, 2.05) is 4.90 Å². The van der Waals surface area contributed by atoms with E-state index < -0.39 is 10.7 Å². The number of benzene rings is 1. The molecule has 1 saturated heterocycles. The van der Waals surface area contributed by atoms with Gasteiger partial charge in [0.05, 0.1) is 16.7 Å². The van der Waals surface area contributed by atoms with Crippen LogP contribution in [0.15, 0.2) is 18.2 Å². The fourth-order valence-electron chi connectivity index (χ4n) is 3.13. The maximum atomic E-state index is 13.9. The Balaban J connectivity index is 1.81. The van der Waals surface area contributed by atoms with E-state index in [9.17, 15) is 19.3 Å². The lowest BCUT2D eigenvalue weighted by molar-refractivity contribution is -0.385. The number of anilines is 1. The van der Waals surface area contributed by atoms with Crippen LogP contribution >= 0.6 is 0 Å². The van der Waals surface area contributed by atoms with Crippen molar-refractivity contribution in [3.8, 4) is 0 Å². The van der Waals surface area contributed by atoms with E-state index >= 15 is 0 Å². The second-order valence-electron chi connectivity index (χ2n) is 5.26. The molecule has 1 aliphatic heterocycles. The van der Waals surface area contributed by atoms with Crippen molar-refractivity contribution in [2.24, 2.45) is 11.8 Å². The van der Waals surface area contributed by atoms with Gasteiger partial charge in [0.2, 0.25) is 0 Å². The van der Waals surface area contributed by atoms with Crippen molar-refractivity contribution in [2.45, 2.75) is 12.8 Å². The molecule has 100 valence electrons. The normalized spacial score (nSPS) is 25.7. The molecule has 1 aromatic rings. The van der Waals surface area contributed by atoms with Gasteiger partial charge in [0.25, 0.3) is 5.69 Å². The summed E-state index contributed by atoms with van der Waals surface area (Å²) in [5, 5.41) is 10.6. The van der Waals surface area contributed by atoms with Crippen molar-refractivity contribution >= 4 is 17.2 Å². The van der Waals surface area contributed by atoms with Crippen LogP contribution in [0.3, 0.4) is 0 Å². The van der Waals surface area contributed by atoms with Gasteiger partial charge in [-0.3, -0.25) is 14.9 Å². The lowest BCUT2D eigenvalue weighted by atomic mass is 10.0. The number of nitro benzene ring substituents is 1. The summed E-state index contributed by atoms with van der Waals surface area (Å²) < 4.78 is 13.9. The molecule has 0 bridgehead atoms. The third-order valence-corrected chi connectivity index (χ3v) is 4.04. The highest BCUT2D eigenvalue weighted by atomic mass is 19.1. The molecule has 0 aromatic heterocycles. The predicted octanol–water partition coefficient (Wildman–Crippen LogP) is 2.15. The number of non-ortho nitro benzene ring substituents is 1. The van der Waals surface area contributed by atoms with Crippen molar-refractivity contribution in [1.29, 1.82) is 0 Å². The molecule has 2 atom stereocenters. The molecular weight excluding hydrogens is 251 g/mol. The van der Waals surface area contributed by atoms with Crippen LogP contribution in [-0.2, 0) is 4.79 Å². The number of nitro groups is 1. The van der Waals surface area contributed by atoms with Crippen LogP contribution in [0.4, 0.5) is 15.8 Å². The minimum absolute atomic E-state index is 0.240. The number of halogens is 1. The summed E-state index contributed by atoms with van der Waals surface area (Å²) in [6.45, 7) is 1.32. The van der Waals surface area contributed by atoms with Gasteiger partial charge in [-0.2, -0.15) is 0 Å². The first-order chi connectivity index (χ1) is 9.04. The van der Waals surface area contributed by atoms with E-state index in [4.69, 9.17) is 0 Å². The van der Waals surface area contributed by atoms with Crippen LogP contribution in [0, 0.1) is 27.8 Å². The number of nitrogens with zero attached hydrogens (tertiary/aromatic N) is 2. The van der Waals surface area contributed by atoms with Crippen LogP contribution in [0.5, 0.6) is 0 Å². The maximum Gasteiger partial charge on any atom is 0.272 e. The zero-order valence-corrected chi connectivity index (χ0v) is 10.2. The van der Waals surface area contributed by atoms with Crippen molar-refractivity contribution in [1.82, 2.24) is 0 Å². The molecule has 2 unspecified atom stereocenters. The number of fused-ring (bicyclic) bond motifs is 1. The van der Waals surface area contributed by atoms with Crippen molar-refractivity contribution in [3.05, 3.63) is 34.1 Å². The Labute approximate surface area is 109 Å². The standard InChI is InChI=1S/C13H13FN2O3/c14-12-5-10(16(18)19)1-2-13(12)15-6-8-3-11(17)4-9(8)7-15/h1-2,5,8-9H,3-4,6-7H2. The summed E-state index contributed by atoms with van der Waals surface area (Å²) >= 11 is 0. The molecule has 0 amide bonds. The minimum atomic E-state index is -0.607. The van der Waals surface area contributed by atoms with Gasteiger partial charge in [0.15, 0.2) is 5.82 Å². The summed E-state index contributed by atoms with van der Waals surface area (Å²) in [5.41, 5.74) is 0.156. The number of carbonyl (C=O) groups excluding carboxylic acids is 1. The Hall–Kier alpha value is -1.98. The summed E-state index contributed by atoms with van der Waals surface area (Å²) in [6, 6.07) is 3.72. The van der Waals surface area contributed by atoms with Crippen LogP contribution in [0.2, 0.25) is 0 Å². The highest BCUT2D eigenvalue weighted by Gasteiger charge is 2.40. The van der Waals surface area contributed by atoms with E-state index in [1.54, 1.807) is 0 Å². The zero-order chi connectivity index (χ0) is 13.6. The van der Waals surface area contributed by atoms with Crippen molar-refractivity contribution in [3.63, 3.8) is 0 Å². The number of carbonyl (C=O) groups is 1. The minimum Gasteiger partial charge on any atom is -0.369 e. The zero-order valence-electron chi connectivity index (χ0n) is 10.2. The van der Waals surface area contributed by atoms with Gasteiger partial charge in [0, 0.05) is 32.0 Å². The Kier molecular flexibility index (Phi) is 2.73. The molecule has 0 N–H and O–H groups in total. The molecular formula is C13H13FN2O3. The van der Waals surface area contributed by atoms with E-state index in [-0.39, 0.29) is 5.69 Å². The molecule has 1 saturated carbocycles. The molecule has 6 heteroatoms. The molecule has 1 heterocycles. The second kappa shape index (κ2) is 4.29. The fourth-order valence-corrected chi connectivity index (χ4v) is 3.13. The third-order valence-electron chi connectivity index (χ3n) is 4.04. The highest BCUT2D eigenvalue weighted by Crippen LogP contribution is 2.39. The molecule has 19 heavy (non-hydrogen) atoms. The number of hydrogen-bond acceptors (Lipinski definition) is 4. The summed E-state index contributed by atoms with van der Waals surface area (Å²) in [4.78, 5) is 23.2. The Morgan fingerprint density at radius 2 is 1.89 bits per heavy atom. The number of Topliss-reactive ketones (excluding diaryl/α,β-unsaturated/α-hetero) is 1. The Morgan fingerprint density at radius 3 is 2.42 bits per heavy atom. The van der Waals surface area contributed by atoms with Crippen LogP contribution < -0.4 is 4.90 Å². The van der Waals surface area contributed by atoms with Gasteiger partial charge in [0.1, 0.15) is 5.78 Å². The highest BCUT2D eigenvalue weighted by molar-refractivity contribution is 5.81. The van der Waals surface area contributed by atoms with Gasteiger partial charge in [-0.05, 0) is 17.9 Å². The number of ketones is 1. The largest absolute Gasteiger partial charge is 0.369 e. The molecule has 5 nitrogen and oxygen atoms in total. The van der Waals surface area contributed by atoms with Gasteiger partial charge in [-0.25, -0.2) is 4.39 Å². The third kappa shape index (κ3) is 2.07. The maximum absolute atomic E-state index is 13.9. The average molecular weight is 264 g/mol. The Bertz CT molecular complexity index is 545. The first-order valence-electron chi connectivity index (χ1n) is 6.25. The molecule has 2 fully saturated rings. The van der Waals surface area contributed by atoms with Crippen LogP contribution in [-0.4, -0.2) is 23.8 Å². The summed E-state index contributed by atoms with van der Waals surface area (Å²) in [7, 11) is 0. The smallest absolute Gasteiger partial charge is 0.272 e. The monoisotopic (exact) mass is 264 g/mol. The number of rotatable bonds is 2. The van der Waals surface area contributed by atoms with Crippen molar-refractivity contribution in [2.75, 3.05) is 18.0 Å². The molecule has 0 spiro atoms. The first kappa shape index (κ1) is 12.1. The lowest BCUT2D eigenvalue weighted by Gasteiger charge is -2.19. The van der Waals surface area contributed by atoms with Gasteiger partial charge in [-0.1, -0.05) is 0 Å². The molecule has 2 aliphatic rings. The SMILES string of the molecule is O=C1CC2CN(c3ccc([N+](=O)[O-])cc3F)CC2C1. The van der Waals surface area contributed by atoms with Gasteiger partial charge >= 0.3 is 0 Å². The second-order valence-corrected chi connectivity index (χ2v) is 5.26. The fraction of sp³-hybridized carbons (Fsp3) is 0.462. The van der Waals surface area contributed by atoms with Crippen molar-refractivity contribution < 1.29 is 14.1 Å². The summed E-state index contributed by atoms with van der Waals surface area (Å²) in [6.07, 6.45) is 1.16. The molecule has 0 radical (unpaired) electrons. The topological polar surface area (TPSA) is 63.5 Å². The predicted molar refractivity (Wildman–Crippen MR) is 66.5 cm³/mol. The average Bonchev–Trinajstić information content (AvgIpc) is 2.85. The van der Waals surface area contributed by atoms with Crippen LogP contribution in [0.25, 0.3) is 0 Å². The van der Waals surface area contributed by atoms with Gasteiger partial charge < -0.3 is 4.90 Å². The van der Waals surface area contributed by atoms with E-state index in [0.717, 1.165) is 6.07 Å². The van der Waals surface area contributed by atoms with E-state index in [0.29, 0.717) is 49.2 Å². The number of hydrogen-bond donors (Lipinski definition) is 0. The van der Waals surface area contributed by atoms with E-state index in [1.165, 1.54) is 12.1 Å². The molecule has 1 aromatic carbocycles.